The van der Waals surface area contributed by atoms with E-state index in [1.54, 1.807) is 6.20 Å². The highest BCUT2D eigenvalue weighted by atomic mass is 16.4. The Hall–Kier alpha value is -1.97. The molecular formula is C10H9N2O2+. The fourth-order valence-electron chi connectivity index (χ4n) is 1.28. The number of hydrogen-bond donors (Lipinski definition) is 1. The van der Waals surface area contributed by atoms with Crippen molar-refractivity contribution in [3.63, 3.8) is 0 Å². The van der Waals surface area contributed by atoms with E-state index in [1.165, 1.54) is 4.68 Å². The normalized spacial score (nSPS) is 10.3. The van der Waals surface area contributed by atoms with Gasteiger partial charge in [-0.3, -0.25) is 0 Å². The Balaban J connectivity index is 2.46. The molecule has 0 saturated carbocycles. The van der Waals surface area contributed by atoms with Crippen LogP contribution in [0.3, 0.4) is 0 Å². The summed E-state index contributed by atoms with van der Waals surface area (Å²) in [5.74, 6) is -0.891. The van der Waals surface area contributed by atoms with Crippen molar-refractivity contribution in [2.75, 3.05) is 0 Å². The molecule has 0 atom stereocenters. The second-order valence-electron chi connectivity index (χ2n) is 2.97. The molecule has 4 nitrogen and oxygen atoms in total. The summed E-state index contributed by atoms with van der Waals surface area (Å²) in [4.78, 5) is 10.4. The van der Waals surface area contributed by atoms with Gasteiger partial charge in [0.2, 0.25) is 0 Å². The van der Waals surface area contributed by atoms with Crippen molar-refractivity contribution in [1.29, 1.82) is 0 Å². The Bertz CT molecular complexity index is 482. The Morgan fingerprint density at radius 1 is 1.36 bits per heavy atom. The van der Waals surface area contributed by atoms with Gasteiger partial charge in [-0.15, -0.1) is 0 Å². The SMILES string of the molecule is O=C(O)C[n+]1ccc2ccccc2n1. The first-order chi connectivity index (χ1) is 6.75. The van der Waals surface area contributed by atoms with Crippen LogP contribution in [0.15, 0.2) is 36.5 Å². The predicted molar refractivity (Wildman–Crippen MR) is 49.6 cm³/mol. The zero-order chi connectivity index (χ0) is 9.97. The molecule has 0 bridgehead atoms. The van der Waals surface area contributed by atoms with Crippen LogP contribution < -0.4 is 4.68 Å². The molecule has 1 heterocycles. The fourth-order valence-corrected chi connectivity index (χ4v) is 1.28. The van der Waals surface area contributed by atoms with E-state index in [9.17, 15) is 4.79 Å². The van der Waals surface area contributed by atoms with Gasteiger partial charge in [-0.1, -0.05) is 22.9 Å². The van der Waals surface area contributed by atoms with Gasteiger partial charge in [0.1, 0.15) is 5.52 Å². The highest BCUT2D eigenvalue weighted by Gasteiger charge is 2.09. The van der Waals surface area contributed by atoms with Crippen LogP contribution in [-0.2, 0) is 11.3 Å². The third kappa shape index (κ3) is 1.69. The van der Waals surface area contributed by atoms with Crippen LogP contribution in [0.5, 0.6) is 0 Å². The molecule has 1 N–H and O–H groups in total. The molecule has 0 amide bonds. The van der Waals surface area contributed by atoms with Crippen LogP contribution in [-0.4, -0.2) is 16.2 Å². The quantitative estimate of drug-likeness (QED) is 0.704. The van der Waals surface area contributed by atoms with Crippen molar-refractivity contribution in [1.82, 2.24) is 5.10 Å². The molecule has 0 spiro atoms. The molecule has 70 valence electrons. The van der Waals surface area contributed by atoms with Crippen LogP contribution in [0.1, 0.15) is 0 Å². The first-order valence-electron chi connectivity index (χ1n) is 4.23. The molecule has 0 aliphatic heterocycles. The van der Waals surface area contributed by atoms with E-state index in [1.807, 2.05) is 30.3 Å². The maximum absolute atomic E-state index is 10.4. The van der Waals surface area contributed by atoms with Crippen LogP contribution in [0.25, 0.3) is 10.9 Å². The number of carboxylic acids is 1. The lowest BCUT2D eigenvalue weighted by Crippen LogP contribution is -2.41. The largest absolute Gasteiger partial charge is 0.476 e. The minimum Gasteiger partial charge on any atom is -0.476 e. The van der Waals surface area contributed by atoms with Gasteiger partial charge < -0.3 is 5.11 Å². The summed E-state index contributed by atoms with van der Waals surface area (Å²) >= 11 is 0. The van der Waals surface area contributed by atoms with Gasteiger partial charge in [0.25, 0.3) is 6.54 Å². The second-order valence-corrected chi connectivity index (χ2v) is 2.97. The maximum Gasteiger partial charge on any atom is 0.372 e. The van der Waals surface area contributed by atoms with Gasteiger partial charge in [0, 0.05) is 16.6 Å². The van der Waals surface area contributed by atoms with Gasteiger partial charge in [-0.25, -0.2) is 4.79 Å². The second kappa shape index (κ2) is 3.41. The molecule has 0 fully saturated rings. The first kappa shape index (κ1) is 8.62. The topological polar surface area (TPSA) is 54.1 Å². The summed E-state index contributed by atoms with van der Waals surface area (Å²) < 4.78 is 1.41. The zero-order valence-corrected chi connectivity index (χ0v) is 7.42. The number of benzene rings is 1. The Morgan fingerprint density at radius 2 is 2.14 bits per heavy atom. The third-order valence-electron chi connectivity index (χ3n) is 1.90. The first-order valence-corrected chi connectivity index (χ1v) is 4.23. The van der Waals surface area contributed by atoms with E-state index in [4.69, 9.17) is 5.11 Å². The van der Waals surface area contributed by atoms with Crippen molar-refractivity contribution < 1.29 is 14.6 Å². The molecule has 0 radical (unpaired) electrons. The molecule has 0 aliphatic carbocycles. The summed E-state index contributed by atoms with van der Waals surface area (Å²) in [7, 11) is 0. The van der Waals surface area contributed by atoms with Crippen molar-refractivity contribution in [3.05, 3.63) is 36.5 Å². The van der Waals surface area contributed by atoms with E-state index < -0.39 is 5.97 Å². The summed E-state index contributed by atoms with van der Waals surface area (Å²) in [6.07, 6.45) is 1.66. The molecule has 0 aliphatic rings. The van der Waals surface area contributed by atoms with Gasteiger partial charge >= 0.3 is 5.97 Å². The lowest BCUT2D eigenvalue weighted by atomic mass is 10.2. The van der Waals surface area contributed by atoms with Crippen molar-refractivity contribution >= 4 is 16.9 Å². The number of hydrogen-bond acceptors (Lipinski definition) is 2. The van der Waals surface area contributed by atoms with Crippen LogP contribution in [0, 0.1) is 0 Å². The van der Waals surface area contributed by atoms with E-state index in [0.717, 1.165) is 10.9 Å². The maximum atomic E-state index is 10.4. The Morgan fingerprint density at radius 3 is 2.93 bits per heavy atom. The Kier molecular flexibility index (Phi) is 2.10. The number of nitrogens with zero attached hydrogens (tertiary/aromatic N) is 2. The number of aromatic nitrogens is 2. The van der Waals surface area contributed by atoms with E-state index >= 15 is 0 Å². The highest BCUT2D eigenvalue weighted by Crippen LogP contribution is 2.06. The average Bonchev–Trinajstić information content (AvgIpc) is 2.17. The van der Waals surface area contributed by atoms with Crippen LogP contribution in [0.4, 0.5) is 0 Å². The number of carbonyl (C=O) groups is 1. The number of fused-ring (bicyclic) bond motifs is 1. The highest BCUT2D eigenvalue weighted by molar-refractivity contribution is 5.76. The van der Waals surface area contributed by atoms with Crippen molar-refractivity contribution in [3.8, 4) is 0 Å². The smallest absolute Gasteiger partial charge is 0.372 e. The molecule has 1 aromatic carbocycles. The van der Waals surface area contributed by atoms with Gasteiger partial charge in [0.05, 0.1) is 0 Å². The van der Waals surface area contributed by atoms with E-state index in [-0.39, 0.29) is 6.54 Å². The number of aliphatic carboxylic acids is 1. The molecular weight excluding hydrogens is 180 g/mol. The summed E-state index contributed by atoms with van der Waals surface area (Å²) in [5.41, 5.74) is 0.802. The Labute approximate surface area is 80.4 Å². The third-order valence-corrected chi connectivity index (χ3v) is 1.90. The summed E-state index contributed by atoms with van der Waals surface area (Å²) in [6.45, 7) is -0.106. The van der Waals surface area contributed by atoms with E-state index in [0.29, 0.717) is 0 Å². The van der Waals surface area contributed by atoms with Gasteiger partial charge in [-0.05, 0) is 6.07 Å². The van der Waals surface area contributed by atoms with Gasteiger partial charge in [0.15, 0.2) is 6.20 Å². The zero-order valence-electron chi connectivity index (χ0n) is 7.42. The van der Waals surface area contributed by atoms with Crippen LogP contribution >= 0.6 is 0 Å². The lowest BCUT2D eigenvalue weighted by Gasteiger charge is -1.93. The molecule has 14 heavy (non-hydrogen) atoms. The standard InChI is InChI=1S/C10H8N2O2/c13-10(14)7-12-6-5-8-3-1-2-4-9(8)11-12/h1-6H,7H2/p+1. The van der Waals surface area contributed by atoms with Gasteiger partial charge in [-0.2, -0.15) is 0 Å². The summed E-state index contributed by atoms with van der Waals surface area (Å²) in [6, 6.07) is 9.44. The molecule has 2 aromatic rings. The number of carboxylic acid groups (broad SMARTS) is 1. The van der Waals surface area contributed by atoms with Crippen molar-refractivity contribution in [2.45, 2.75) is 6.54 Å². The molecule has 4 heteroatoms. The van der Waals surface area contributed by atoms with Crippen LogP contribution in [0.2, 0.25) is 0 Å². The number of rotatable bonds is 2. The molecule has 1 aromatic heterocycles. The predicted octanol–water partition coefficient (Wildman–Crippen LogP) is 0.607. The molecule has 0 unspecified atom stereocenters. The summed E-state index contributed by atoms with van der Waals surface area (Å²) in [5, 5.41) is 13.7. The average molecular weight is 189 g/mol. The minimum atomic E-state index is -0.891. The van der Waals surface area contributed by atoms with Crippen molar-refractivity contribution in [2.24, 2.45) is 0 Å². The molecule has 2 rings (SSSR count). The van der Waals surface area contributed by atoms with E-state index in [2.05, 4.69) is 5.10 Å². The minimum absolute atomic E-state index is 0.106. The lowest BCUT2D eigenvalue weighted by molar-refractivity contribution is -0.741. The fraction of sp³-hybridized carbons (Fsp3) is 0.100. The monoisotopic (exact) mass is 189 g/mol. The molecule has 0 saturated heterocycles.